The quantitative estimate of drug-likeness (QED) is 0.382. The Bertz CT molecular complexity index is 798. The number of fused-ring (bicyclic) bond motifs is 2. The Morgan fingerprint density at radius 3 is 2.39 bits per heavy atom. The lowest BCUT2D eigenvalue weighted by Crippen LogP contribution is -2.81. The fourth-order valence-corrected chi connectivity index (χ4v) is 10.3. The molecule has 6 aliphatic rings. The lowest BCUT2D eigenvalue weighted by molar-refractivity contribution is -0.325. The first-order chi connectivity index (χ1) is 14.6. The van der Waals surface area contributed by atoms with Gasteiger partial charge in [0.15, 0.2) is 0 Å². The third-order valence-electron chi connectivity index (χ3n) is 11.2. The fraction of sp³-hybridized carbons (Fsp3) is 1.00. The molecule has 0 amide bonds. The van der Waals surface area contributed by atoms with E-state index in [1.54, 1.807) is 14.2 Å². The van der Waals surface area contributed by atoms with Crippen molar-refractivity contribution in [3.05, 3.63) is 0 Å². The van der Waals surface area contributed by atoms with Gasteiger partial charge in [-0.2, -0.15) is 0 Å². The molecule has 12 atom stereocenters. The van der Waals surface area contributed by atoms with Gasteiger partial charge in [0.1, 0.15) is 5.60 Å². The van der Waals surface area contributed by atoms with E-state index in [0.717, 1.165) is 19.4 Å². The zero-order chi connectivity index (χ0) is 22.2. The van der Waals surface area contributed by atoms with Gasteiger partial charge in [-0.15, -0.1) is 0 Å². The van der Waals surface area contributed by atoms with Crippen molar-refractivity contribution in [2.24, 2.45) is 28.6 Å². The van der Waals surface area contributed by atoms with Crippen molar-refractivity contribution in [3.8, 4) is 0 Å². The zero-order valence-corrected chi connectivity index (χ0v) is 18.7. The summed E-state index contributed by atoms with van der Waals surface area (Å²) in [6.07, 6.45) is -0.550. The van der Waals surface area contributed by atoms with Gasteiger partial charge in [-0.1, -0.05) is 6.92 Å². The molecule has 7 bridgehead atoms. The highest BCUT2D eigenvalue weighted by Crippen LogP contribution is 2.80. The lowest BCUT2D eigenvalue weighted by atomic mass is 9.41. The number of ether oxygens (including phenoxy) is 2. The number of methoxy groups -OCH3 is 2. The lowest BCUT2D eigenvalue weighted by Gasteiger charge is -2.71. The molecule has 6 rings (SSSR count). The fourth-order valence-electron chi connectivity index (χ4n) is 10.3. The van der Waals surface area contributed by atoms with Gasteiger partial charge in [0, 0.05) is 55.9 Å². The first kappa shape index (κ1) is 21.2. The molecule has 5 aliphatic carbocycles. The van der Waals surface area contributed by atoms with Crippen molar-refractivity contribution >= 4 is 0 Å². The molecule has 6 fully saturated rings. The number of piperidine rings is 1. The summed E-state index contributed by atoms with van der Waals surface area (Å²) in [6, 6.07) is -0.135. The molecule has 5 saturated carbocycles. The summed E-state index contributed by atoms with van der Waals surface area (Å²) < 4.78 is 11.8. The van der Waals surface area contributed by atoms with E-state index in [4.69, 9.17) is 9.47 Å². The minimum Gasteiger partial charge on any atom is -0.390 e. The second kappa shape index (κ2) is 6.02. The van der Waals surface area contributed by atoms with Crippen molar-refractivity contribution in [1.29, 1.82) is 0 Å². The highest BCUT2D eigenvalue weighted by Gasteiger charge is 2.89. The van der Waals surface area contributed by atoms with Crippen molar-refractivity contribution < 1.29 is 35.0 Å². The SMILES string of the molecule is CCN1CC2(COC)CCC(OC)C34C5CC6(O)C(O)CC(O)(C(CC23O)C14)C5C6O. The van der Waals surface area contributed by atoms with Gasteiger partial charge in [-0.25, -0.2) is 0 Å². The van der Waals surface area contributed by atoms with E-state index in [2.05, 4.69) is 11.8 Å². The summed E-state index contributed by atoms with van der Waals surface area (Å²) in [4.78, 5) is 2.39. The minimum absolute atomic E-state index is 0.0293. The molecule has 1 aliphatic heterocycles. The van der Waals surface area contributed by atoms with Gasteiger partial charge >= 0.3 is 0 Å². The highest BCUT2D eigenvalue weighted by atomic mass is 16.5. The van der Waals surface area contributed by atoms with E-state index in [1.165, 1.54) is 0 Å². The normalized spacial score (nSPS) is 64.1. The Balaban J connectivity index is 1.65. The number of nitrogens with zero attached hydrogens (tertiary/aromatic N) is 1. The summed E-state index contributed by atoms with van der Waals surface area (Å²) in [5.74, 6) is -1.27. The predicted octanol–water partition coefficient (Wildman–Crippen LogP) is -0.893. The Morgan fingerprint density at radius 2 is 1.74 bits per heavy atom. The average Bonchev–Trinajstić information content (AvgIpc) is 3.07. The standard InChI is InChI=1S/C23H37NO7/c1-4-24-10-19(11-30-2)6-5-15(31-3)23-12-7-21(28)14(25)9-20(27,16(12)18(21)26)13(17(23)24)8-22(19,23)29/h12-18,25-29H,4-11H2,1-3H3. The summed E-state index contributed by atoms with van der Waals surface area (Å²) in [5.41, 5.74) is -5.40. The monoisotopic (exact) mass is 439 g/mol. The van der Waals surface area contributed by atoms with Gasteiger partial charge in [0.25, 0.3) is 0 Å². The Hall–Kier alpha value is -0.320. The Morgan fingerprint density at radius 1 is 1.00 bits per heavy atom. The molecule has 0 radical (unpaired) electrons. The second-order valence-electron chi connectivity index (χ2n) is 11.6. The van der Waals surface area contributed by atoms with Crippen LogP contribution < -0.4 is 0 Å². The number of hydrogen-bond donors (Lipinski definition) is 5. The molecular formula is C23H37NO7. The Labute approximate surface area is 183 Å². The van der Waals surface area contributed by atoms with Crippen LogP contribution in [0.4, 0.5) is 0 Å². The molecular weight excluding hydrogens is 402 g/mol. The van der Waals surface area contributed by atoms with Crippen molar-refractivity contribution in [2.75, 3.05) is 33.9 Å². The number of likely N-dealkylation sites (tertiary alicyclic amines) is 1. The third kappa shape index (κ3) is 1.89. The van der Waals surface area contributed by atoms with Crippen LogP contribution in [0.2, 0.25) is 0 Å². The summed E-state index contributed by atoms with van der Waals surface area (Å²) in [7, 11) is 3.36. The summed E-state index contributed by atoms with van der Waals surface area (Å²) in [5, 5.41) is 58.4. The first-order valence-electron chi connectivity index (χ1n) is 11.9. The average molecular weight is 440 g/mol. The van der Waals surface area contributed by atoms with Crippen LogP contribution in [0.15, 0.2) is 0 Å². The molecule has 31 heavy (non-hydrogen) atoms. The maximum atomic E-state index is 12.8. The molecule has 8 heteroatoms. The maximum absolute atomic E-state index is 12.8. The number of hydrogen-bond acceptors (Lipinski definition) is 8. The molecule has 5 N–H and O–H groups in total. The van der Waals surface area contributed by atoms with E-state index in [9.17, 15) is 25.5 Å². The summed E-state index contributed by atoms with van der Waals surface area (Å²) in [6.45, 7) is 3.99. The van der Waals surface area contributed by atoms with Crippen LogP contribution in [0.25, 0.3) is 0 Å². The van der Waals surface area contributed by atoms with E-state index < -0.39 is 45.8 Å². The predicted molar refractivity (Wildman–Crippen MR) is 109 cm³/mol. The first-order valence-corrected chi connectivity index (χ1v) is 11.9. The third-order valence-corrected chi connectivity index (χ3v) is 11.2. The molecule has 0 aromatic rings. The van der Waals surface area contributed by atoms with Gasteiger partial charge in [0.2, 0.25) is 0 Å². The molecule has 8 nitrogen and oxygen atoms in total. The zero-order valence-electron chi connectivity index (χ0n) is 18.7. The molecule has 0 aromatic heterocycles. The van der Waals surface area contributed by atoms with Crippen LogP contribution in [-0.4, -0.2) is 106 Å². The van der Waals surface area contributed by atoms with E-state index in [0.29, 0.717) is 19.6 Å². The molecule has 12 unspecified atom stereocenters. The van der Waals surface area contributed by atoms with E-state index in [1.807, 2.05) is 0 Å². The molecule has 1 heterocycles. The van der Waals surface area contributed by atoms with Gasteiger partial charge < -0.3 is 35.0 Å². The highest BCUT2D eigenvalue weighted by molar-refractivity contribution is 5.39. The van der Waals surface area contributed by atoms with E-state index >= 15 is 0 Å². The van der Waals surface area contributed by atoms with Crippen LogP contribution in [0.5, 0.6) is 0 Å². The minimum atomic E-state index is -1.66. The van der Waals surface area contributed by atoms with Crippen molar-refractivity contribution in [2.45, 2.75) is 80.2 Å². The smallest absolute Gasteiger partial charge is 0.117 e. The number of rotatable bonds is 4. The van der Waals surface area contributed by atoms with Crippen LogP contribution in [-0.2, 0) is 9.47 Å². The van der Waals surface area contributed by atoms with Crippen molar-refractivity contribution in [3.63, 3.8) is 0 Å². The second-order valence-corrected chi connectivity index (χ2v) is 11.6. The van der Waals surface area contributed by atoms with Crippen LogP contribution in [0.3, 0.4) is 0 Å². The van der Waals surface area contributed by atoms with Crippen LogP contribution >= 0.6 is 0 Å². The number of aliphatic hydroxyl groups excluding tert-OH is 2. The number of aliphatic hydroxyl groups is 5. The topological polar surface area (TPSA) is 123 Å². The van der Waals surface area contributed by atoms with Crippen LogP contribution in [0.1, 0.15) is 39.0 Å². The molecule has 1 saturated heterocycles. The largest absolute Gasteiger partial charge is 0.390 e. The Kier molecular flexibility index (Phi) is 4.12. The van der Waals surface area contributed by atoms with Gasteiger partial charge in [-0.05, 0) is 38.1 Å². The molecule has 0 aromatic carbocycles. The molecule has 176 valence electrons. The van der Waals surface area contributed by atoms with Gasteiger partial charge in [0.05, 0.1) is 36.1 Å². The maximum Gasteiger partial charge on any atom is 0.117 e. The molecule has 1 spiro atoms. The van der Waals surface area contributed by atoms with Gasteiger partial charge in [-0.3, -0.25) is 4.90 Å². The van der Waals surface area contributed by atoms with Crippen LogP contribution in [0, 0.1) is 28.6 Å². The van der Waals surface area contributed by atoms with E-state index in [-0.39, 0.29) is 36.8 Å². The summed E-state index contributed by atoms with van der Waals surface area (Å²) >= 11 is 0. The van der Waals surface area contributed by atoms with Crippen molar-refractivity contribution in [1.82, 2.24) is 4.90 Å².